The molecule has 0 amide bonds. The fourth-order valence-corrected chi connectivity index (χ4v) is 1.13. The van der Waals surface area contributed by atoms with Crippen LogP contribution in [0.15, 0.2) is 11.6 Å². The van der Waals surface area contributed by atoms with Crippen molar-refractivity contribution in [2.45, 2.75) is 19.2 Å². The van der Waals surface area contributed by atoms with Gasteiger partial charge in [0.05, 0.1) is 21.1 Å². The summed E-state index contributed by atoms with van der Waals surface area (Å²) >= 11 is 5.74. The summed E-state index contributed by atoms with van der Waals surface area (Å²) in [4.78, 5) is 11.4. The minimum atomic E-state index is -0.282. The van der Waals surface area contributed by atoms with Crippen LogP contribution in [0.3, 0.4) is 0 Å². The van der Waals surface area contributed by atoms with Crippen LogP contribution in [0, 0.1) is 0 Å². The molecule has 3 nitrogen and oxygen atoms in total. The highest BCUT2D eigenvalue weighted by Crippen LogP contribution is 2.04. The zero-order valence-electron chi connectivity index (χ0n) is 10.2. The van der Waals surface area contributed by atoms with Crippen LogP contribution in [0.5, 0.6) is 0 Å². The highest BCUT2D eigenvalue weighted by atomic mass is 35.5. The maximum absolute atomic E-state index is 11.4. The van der Waals surface area contributed by atoms with Gasteiger partial charge in [-0.2, -0.15) is 0 Å². The van der Waals surface area contributed by atoms with Gasteiger partial charge in [-0.15, -0.1) is 11.6 Å². The van der Waals surface area contributed by atoms with Crippen molar-refractivity contribution >= 4 is 17.6 Å². The summed E-state index contributed by atoms with van der Waals surface area (Å²) < 4.78 is 5.88. The lowest BCUT2D eigenvalue weighted by Crippen LogP contribution is -2.38. The summed E-state index contributed by atoms with van der Waals surface area (Å²) in [6.45, 7) is 4.76. The molecule has 0 spiro atoms. The van der Waals surface area contributed by atoms with Gasteiger partial charge in [-0.25, -0.2) is 4.79 Å². The molecule has 0 aliphatic rings. The standard InChI is InChI=1S/C11H21ClNO2/c1-9(8-10(2)12)11(14)15-7-6-13(3,4)5/h8,10H,6-7H2,1-5H3/q+1. The molecule has 4 heteroatoms. The Morgan fingerprint density at radius 1 is 1.47 bits per heavy atom. The van der Waals surface area contributed by atoms with Gasteiger partial charge < -0.3 is 9.22 Å². The first-order chi connectivity index (χ1) is 6.72. The number of halogens is 1. The number of hydrogen-bond acceptors (Lipinski definition) is 2. The molecule has 0 aromatic heterocycles. The van der Waals surface area contributed by atoms with Crippen LogP contribution in [0.1, 0.15) is 13.8 Å². The Balaban J connectivity index is 3.95. The number of quaternary nitrogens is 1. The second kappa shape index (κ2) is 6.13. The Kier molecular flexibility index (Phi) is 5.91. The number of esters is 1. The summed E-state index contributed by atoms with van der Waals surface area (Å²) in [7, 11) is 6.16. The number of hydrogen-bond donors (Lipinski definition) is 0. The fourth-order valence-electron chi connectivity index (χ4n) is 0.939. The molecule has 0 saturated heterocycles. The predicted octanol–water partition coefficient (Wildman–Crippen LogP) is 1.81. The van der Waals surface area contributed by atoms with Gasteiger partial charge in [0.15, 0.2) is 0 Å². The number of nitrogens with zero attached hydrogens (tertiary/aromatic N) is 1. The van der Waals surface area contributed by atoms with Crippen LogP contribution >= 0.6 is 11.6 Å². The van der Waals surface area contributed by atoms with Crippen molar-refractivity contribution in [3.05, 3.63) is 11.6 Å². The van der Waals surface area contributed by atoms with Gasteiger partial charge in [0.1, 0.15) is 13.2 Å². The summed E-state index contributed by atoms with van der Waals surface area (Å²) in [5, 5.41) is -0.143. The lowest BCUT2D eigenvalue weighted by atomic mass is 10.2. The Labute approximate surface area is 97.2 Å². The van der Waals surface area contributed by atoms with Crippen LogP contribution in [0.2, 0.25) is 0 Å². The molecule has 0 N–H and O–H groups in total. The molecule has 0 heterocycles. The van der Waals surface area contributed by atoms with Crippen molar-refractivity contribution < 1.29 is 14.0 Å². The zero-order valence-corrected chi connectivity index (χ0v) is 11.0. The molecule has 0 aliphatic heterocycles. The monoisotopic (exact) mass is 234 g/mol. The van der Waals surface area contributed by atoms with E-state index >= 15 is 0 Å². The van der Waals surface area contributed by atoms with E-state index in [9.17, 15) is 4.79 Å². The lowest BCUT2D eigenvalue weighted by molar-refractivity contribution is -0.870. The van der Waals surface area contributed by atoms with Gasteiger partial charge in [0, 0.05) is 11.0 Å². The molecule has 0 rings (SSSR count). The van der Waals surface area contributed by atoms with Crippen LogP contribution in [0.25, 0.3) is 0 Å². The van der Waals surface area contributed by atoms with Crippen molar-refractivity contribution in [1.29, 1.82) is 0 Å². The number of likely N-dealkylation sites (N-methyl/N-ethyl adjacent to an activating group) is 1. The molecule has 15 heavy (non-hydrogen) atoms. The molecule has 0 aromatic carbocycles. The number of rotatable bonds is 5. The van der Waals surface area contributed by atoms with Crippen LogP contribution in [0.4, 0.5) is 0 Å². The summed E-state index contributed by atoms with van der Waals surface area (Å²) in [5.41, 5.74) is 0.568. The van der Waals surface area contributed by atoms with E-state index in [-0.39, 0.29) is 11.3 Å². The molecule has 1 unspecified atom stereocenters. The minimum absolute atomic E-state index is 0.143. The zero-order chi connectivity index (χ0) is 12.1. The van der Waals surface area contributed by atoms with Gasteiger partial charge in [0.25, 0.3) is 0 Å². The van der Waals surface area contributed by atoms with E-state index in [4.69, 9.17) is 16.3 Å². The Hall–Kier alpha value is -0.540. The molecule has 0 aromatic rings. The largest absolute Gasteiger partial charge is 0.456 e. The predicted molar refractivity (Wildman–Crippen MR) is 62.9 cm³/mol. The molecule has 88 valence electrons. The van der Waals surface area contributed by atoms with Gasteiger partial charge in [-0.3, -0.25) is 0 Å². The molecule has 1 atom stereocenters. The van der Waals surface area contributed by atoms with E-state index in [2.05, 4.69) is 21.1 Å². The van der Waals surface area contributed by atoms with Gasteiger partial charge in [-0.05, 0) is 13.8 Å². The van der Waals surface area contributed by atoms with E-state index < -0.39 is 0 Å². The first-order valence-electron chi connectivity index (χ1n) is 5.02. The van der Waals surface area contributed by atoms with E-state index in [1.807, 2.05) is 6.92 Å². The number of carbonyl (C=O) groups excluding carboxylic acids is 1. The summed E-state index contributed by atoms with van der Waals surface area (Å²) in [6, 6.07) is 0. The minimum Gasteiger partial charge on any atom is -0.456 e. The first-order valence-corrected chi connectivity index (χ1v) is 5.46. The topological polar surface area (TPSA) is 26.3 Å². The smallest absolute Gasteiger partial charge is 0.333 e. The number of carbonyl (C=O) groups is 1. The highest BCUT2D eigenvalue weighted by molar-refractivity contribution is 6.21. The van der Waals surface area contributed by atoms with Gasteiger partial charge >= 0.3 is 5.97 Å². The van der Waals surface area contributed by atoms with Crippen molar-refractivity contribution in [3.63, 3.8) is 0 Å². The van der Waals surface area contributed by atoms with Gasteiger partial charge in [-0.1, -0.05) is 6.08 Å². The van der Waals surface area contributed by atoms with E-state index in [1.165, 1.54) is 0 Å². The molecule has 0 saturated carbocycles. The molecular formula is C11H21ClNO2+. The number of ether oxygens (including phenoxy) is 1. The molecule has 0 aliphatic carbocycles. The maximum atomic E-state index is 11.4. The average molecular weight is 235 g/mol. The van der Waals surface area contributed by atoms with E-state index in [1.54, 1.807) is 13.0 Å². The average Bonchev–Trinajstić information content (AvgIpc) is 2.00. The summed E-state index contributed by atoms with van der Waals surface area (Å²) in [6.07, 6.45) is 1.69. The van der Waals surface area contributed by atoms with Crippen molar-refractivity contribution in [2.24, 2.45) is 0 Å². The highest BCUT2D eigenvalue weighted by Gasteiger charge is 2.10. The third kappa shape index (κ3) is 8.45. The molecular weight excluding hydrogens is 214 g/mol. The quantitative estimate of drug-likeness (QED) is 0.314. The molecule has 0 bridgehead atoms. The third-order valence-electron chi connectivity index (χ3n) is 1.80. The number of alkyl halides is 1. The van der Waals surface area contributed by atoms with Gasteiger partial charge in [0.2, 0.25) is 0 Å². The number of allylic oxidation sites excluding steroid dienone is 1. The van der Waals surface area contributed by atoms with Crippen LogP contribution in [-0.2, 0) is 9.53 Å². The van der Waals surface area contributed by atoms with Crippen LogP contribution < -0.4 is 0 Å². The lowest BCUT2D eigenvalue weighted by Gasteiger charge is -2.23. The van der Waals surface area contributed by atoms with E-state index in [0.717, 1.165) is 11.0 Å². The normalized spacial score (nSPS) is 14.9. The fraction of sp³-hybridized carbons (Fsp3) is 0.727. The maximum Gasteiger partial charge on any atom is 0.333 e. The first kappa shape index (κ1) is 14.5. The second-order valence-electron chi connectivity index (χ2n) is 4.68. The second-order valence-corrected chi connectivity index (χ2v) is 5.37. The summed E-state index contributed by atoms with van der Waals surface area (Å²) in [5.74, 6) is -0.282. The Morgan fingerprint density at radius 3 is 2.40 bits per heavy atom. The molecule has 0 radical (unpaired) electrons. The van der Waals surface area contributed by atoms with Crippen molar-refractivity contribution in [2.75, 3.05) is 34.3 Å². The Morgan fingerprint density at radius 2 is 2.00 bits per heavy atom. The van der Waals surface area contributed by atoms with Crippen LogP contribution in [-0.4, -0.2) is 50.1 Å². The van der Waals surface area contributed by atoms with Crippen molar-refractivity contribution in [1.82, 2.24) is 0 Å². The van der Waals surface area contributed by atoms with E-state index in [0.29, 0.717) is 12.2 Å². The Bertz CT molecular complexity index is 241. The SMILES string of the molecule is CC(=CC(C)Cl)C(=O)OCC[N+](C)(C)C. The third-order valence-corrected chi connectivity index (χ3v) is 1.92. The van der Waals surface area contributed by atoms with Crippen molar-refractivity contribution in [3.8, 4) is 0 Å². The molecule has 0 fully saturated rings.